The smallest absolute Gasteiger partial charge is 0.0316 e. The van der Waals surface area contributed by atoms with Crippen molar-refractivity contribution in [3.63, 3.8) is 0 Å². The van der Waals surface area contributed by atoms with E-state index < -0.39 is 0 Å². The van der Waals surface area contributed by atoms with Gasteiger partial charge in [0.2, 0.25) is 0 Å². The molecule has 1 aliphatic rings. The van der Waals surface area contributed by atoms with E-state index in [-0.39, 0.29) is 0 Å². The SMILES string of the molecule is CC1=Cc2cccc(Br)c2C1c1cccc(C)c1. The van der Waals surface area contributed by atoms with Crippen molar-refractivity contribution in [1.29, 1.82) is 0 Å². The number of allylic oxidation sites excluding steroid dienone is 1. The second-order valence-electron chi connectivity index (χ2n) is 4.98. The summed E-state index contributed by atoms with van der Waals surface area (Å²) in [6.45, 7) is 4.37. The summed E-state index contributed by atoms with van der Waals surface area (Å²) in [6, 6.07) is 15.2. The van der Waals surface area contributed by atoms with Crippen LogP contribution in [-0.2, 0) is 0 Å². The maximum atomic E-state index is 3.70. The van der Waals surface area contributed by atoms with Gasteiger partial charge in [-0.15, -0.1) is 0 Å². The van der Waals surface area contributed by atoms with Gasteiger partial charge in [0.05, 0.1) is 0 Å². The Kier molecular flexibility index (Phi) is 2.87. The third-order valence-corrected chi connectivity index (χ3v) is 4.28. The van der Waals surface area contributed by atoms with E-state index in [1.807, 2.05) is 0 Å². The summed E-state index contributed by atoms with van der Waals surface area (Å²) in [7, 11) is 0. The Morgan fingerprint density at radius 1 is 1.00 bits per heavy atom. The first kappa shape index (κ1) is 11.7. The molecule has 0 saturated carbocycles. The molecule has 90 valence electrons. The highest BCUT2D eigenvalue weighted by atomic mass is 79.9. The molecule has 1 aliphatic carbocycles. The third kappa shape index (κ3) is 1.83. The predicted octanol–water partition coefficient (Wildman–Crippen LogP) is 5.31. The lowest BCUT2D eigenvalue weighted by atomic mass is 9.88. The predicted molar refractivity (Wildman–Crippen MR) is 80.8 cm³/mol. The highest BCUT2D eigenvalue weighted by Gasteiger charge is 2.25. The van der Waals surface area contributed by atoms with Crippen molar-refractivity contribution in [3.05, 3.63) is 74.8 Å². The van der Waals surface area contributed by atoms with E-state index in [1.165, 1.54) is 32.3 Å². The zero-order valence-corrected chi connectivity index (χ0v) is 12.2. The lowest BCUT2D eigenvalue weighted by molar-refractivity contribution is 0.967. The van der Waals surface area contributed by atoms with Crippen molar-refractivity contribution in [2.75, 3.05) is 0 Å². The molecule has 1 unspecified atom stereocenters. The number of fused-ring (bicyclic) bond motifs is 1. The van der Waals surface area contributed by atoms with Gasteiger partial charge in [0.15, 0.2) is 0 Å². The van der Waals surface area contributed by atoms with Crippen molar-refractivity contribution < 1.29 is 0 Å². The van der Waals surface area contributed by atoms with Crippen molar-refractivity contribution >= 4 is 22.0 Å². The van der Waals surface area contributed by atoms with Gasteiger partial charge < -0.3 is 0 Å². The summed E-state index contributed by atoms with van der Waals surface area (Å²) in [5, 5.41) is 0. The number of halogens is 1. The van der Waals surface area contributed by atoms with Crippen LogP contribution in [0.3, 0.4) is 0 Å². The Labute approximate surface area is 116 Å². The van der Waals surface area contributed by atoms with Gasteiger partial charge in [0.25, 0.3) is 0 Å². The van der Waals surface area contributed by atoms with Gasteiger partial charge in [-0.05, 0) is 36.6 Å². The highest BCUT2D eigenvalue weighted by molar-refractivity contribution is 9.10. The van der Waals surface area contributed by atoms with Gasteiger partial charge in [-0.3, -0.25) is 0 Å². The zero-order chi connectivity index (χ0) is 12.7. The first-order valence-corrected chi connectivity index (χ1v) is 6.99. The van der Waals surface area contributed by atoms with Crippen LogP contribution < -0.4 is 0 Å². The van der Waals surface area contributed by atoms with E-state index in [1.54, 1.807) is 0 Å². The molecule has 2 aromatic carbocycles. The lowest BCUT2D eigenvalue weighted by Gasteiger charge is -2.17. The minimum absolute atomic E-state index is 0.399. The molecule has 0 spiro atoms. The summed E-state index contributed by atoms with van der Waals surface area (Å²) >= 11 is 3.70. The van der Waals surface area contributed by atoms with Gasteiger partial charge in [0.1, 0.15) is 0 Å². The molecule has 0 nitrogen and oxygen atoms in total. The molecule has 3 rings (SSSR count). The Hall–Kier alpha value is -1.34. The van der Waals surface area contributed by atoms with Crippen LogP contribution in [0.2, 0.25) is 0 Å². The fourth-order valence-corrected chi connectivity index (χ4v) is 3.43. The van der Waals surface area contributed by atoms with Crippen molar-refractivity contribution in [3.8, 4) is 0 Å². The van der Waals surface area contributed by atoms with Crippen LogP contribution in [0.5, 0.6) is 0 Å². The molecule has 0 heterocycles. The number of hydrogen-bond acceptors (Lipinski definition) is 0. The maximum Gasteiger partial charge on any atom is 0.0316 e. The van der Waals surface area contributed by atoms with Crippen LogP contribution in [0.15, 0.2) is 52.5 Å². The summed E-state index contributed by atoms with van der Waals surface area (Å²) in [5.74, 6) is 0.399. The van der Waals surface area contributed by atoms with Gasteiger partial charge in [-0.25, -0.2) is 0 Å². The molecular weight excluding hydrogens is 284 g/mol. The molecule has 0 amide bonds. The van der Waals surface area contributed by atoms with Crippen molar-refractivity contribution in [2.24, 2.45) is 0 Å². The van der Waals surface area contributed by atoms with Crippen molar-refractivity contribution in [1.82, 2.24) is 0 Å². The second kappa shape index (κ2) is 4.40. The Bertz CT molecular complexity index is 638. The van der Waals surface area contributed by atoms with E-state index >= 15 is 0 Å². The van der Waals surface area contributed by atoms with Crippen molar-refractivity contribution in [2.45, 2.75) is 19.8 Å². The topological polar surface area (TPSA) is 0 Å². The van der Waals surface area contributed by atoms with E-state index in [0.29, 0.717) is 5.92 Å². The number of aryl methyl sites for hydroxylation is 1. The Morgan fingerprint density at radius 2 is 1.78 bits per heavy atom. The average Bonchev–Trinajstić information content (AvgIpc) is 2.67. The molecule has 2 aromatic rings. The van der Waals surface area contributed by atoms with E-state index in [2.05, 4.69) is 78.3 Å². The maximum absolute atomic E-state index is 3.70. The van der Waals surface area contributed by atoms with E-state index in [4.69, 9.17) is 0 Å². The number of benzene rings is 2. The molecule has 0 radical (unpaired) electrons. The van der Waals surface area contributed by atoms with Gasteiger partial charge in [0, 0.05) is 10.4 Å². The monoisotopic (exact) mass is 298 g/mol. The summed E-state index contributed by atoms with van der Waals surface area (Å²) in [5.41, 5.74) is 6.87. The first-order valence-electron chi connectivity index (χ1n) is 6.20. The van der Waals surface area contributed by atoms with Crippen LogP contribution in [0.1, 0.15) is 35.1 Å². The molecule has 0 N–H and O–H groups in total. The average molecular weight is 299 g/mol. The summed E-state index contributed by atoms with van der Waals surface area (Å²) in [6.07, 6.45) is 2.30. The van der Waals surface area contributed by atoms with Crippen LogP contribution in [0.25, 0.3) is 6.08 Å². The molecule has 0 fully saturated rings. The van der Waals surface area contributed by atoms with E-state index in [0.717, 1.165) is 0 Å². The lowest BCUT2D eigenvalue weighted by Crippen LogP contribution is -2.00. The third-order valence-electron chi connectivity index (χ3n) is 3.59. The Morgan fingerprint density at radius 3 is 2.56 bits per heavy atom. The van der Waals surface area contributed by atoms with Crippen LogP contribution >= 0.6 is 15.9 Å². The van der Waals surface area contributed by atoms with Gasteiger partial charge in [-0.1, -0.05) is 69.5 Å². The van der Waals surface area contributed by atoms with Gasteiger partial charge in [-0.2, -0.15) is 0 Å². The van der Waals surface area contributed by atoms with Crippen LogP contribution in [0.4, 0.5) is 0 Å². The summed E-state index contributed by atoms with van der Waals surface area (Å²) < 4.78 is 1.21. The first-order chi connectivity index (χ1) is 8.66. The number of rotatable bonds is 1. The second-order valence-corrected chi connectivity index (χ2v) is 5.83. The molecule has 1 heteroatoms. The van der Waals surface area contributed by atoms with Crippen LogP contribution in [-0.4, -0.2) is 0 Å². The number of hydrogen-bond donors (Lipinski definition) is 0. The molecule has 0 saturated heterocycles. The van der Waals surface area contributed by atoms with Crippen LogP contribution in [0, 0.1) is 6.92 Å². The molecular formula is C17H15Br. The summed E-state index contributed by atoms with van der Waals surface area (Å²) in [4.78, 5) is 0. The van der Waals surface area contributed by atoms with Gasteiger partial charge >= 0.3 is 0 Å². The fraction of sp³-hybridized carbons (Fsp3) is 0.176. The molecule has 0 aromatic heterocycles. The fourth-order valence-electron chi connectivity index (χ4n) is 2.82. The minimum atomic E-state index is 0.399. The zero-order valence-electron chi connectivity index (χ0n) is 10.6. The molecule has 18 heavy (non-hydrogen) atoms. The quantitative estimate of drug-likeness (QED) is 0.669. The minimum Gasteiger partial charge on any atom is -0.0617 e. The normalized spacial score (nSPS) is 17.5. The Balaban J connectivity index is 2.18. The van der Waals surface area contributed by atoms with E-state index in [9.17, 15) is 0 Å². The standard InChI is InChI=1S/C17H15Br/c1-11-5-3-6-13(9-11)16-12(2)10-14-7-4-8-15(18)17(14)16/h3-10,16H,1-2H3. The molecule has 0 bridgehead atoms. The molecule has 0 aliphatic heterocycles. The highest BCUT2D eigenvalue weighted by Crippen LogP contribution is 2.44. The largest absolute Gasteiger partial charge is 0.0617 e. The molecule has 1 atom stereocenters.